The summed E-state index contributed by atoms with van der Waals surface area (Å²) >= 11 is 0. The van der Waals surface area contributed by atoms with Gasteiger partial charge in [-0.3, -0.25) is 9.67 Å². The highest BCUT2D eigenvalue weighted by Crippen LogP contribution is 2.28. The molecule has 0 atom stereocenters. The van der Waals surface area contributed by atoms with Crippen LogP contribution in [0.1, 0.15) is 42.3 Å². The predicted octanol–water partition coefficient (Wildman–Crippen LogP) is 5.61. The number of rotatable bonds is 7. The minimum atomic E-state index is -0.623. The topological polar surface area (TPSA) is 95.3 Å². The first-order chi connectivity index (χ1) is 18.1. The highest BCUT2D eigenvalue weighted by Gasteiger charge is 2.18. The van der Waals surface area contributed by atoms with E-state index in [2.05, 4.69) is 10.3 Å². The molecule has 2 heterocycles. The van der Waals surface area contributed by atoms with Crippen LogP contribution >= 0.6 is 0 Å². The zero-order valence-electron chi connectivity index (χ0n) is 21.7. The molecule has 4 rings (SSSR count). The van der Waals surface area contributed by atoms with Crippen LogP contribution in [0.4, 0.5) is 9.18 Å². The van der Waals surface area contributed by atoms with E-state index in [9.17, 15) is 14.0 Å². The molecular weight excluding hydrogens is 487 g/mol. The first-order valence-electron chi connectivity index (χ1n) is 12.0. The lowest BCUT2D eigenvalue weighted by Gasteiger charge is -2.20. The summed E-state index contributed by atoms with van der Waals surface area (Å²) in [5.74, 6) is -0.734. The predicted molar refractivity (Wildman–Crippen MR) is 141 cm³/mol. The third-order valence-corrected chi connectivity index (χ3v) is 5.56. The van der Waals surface area contributed by atoms with E-state index < -0.39 is 17.7 Å². The Kier molecular flexibility index (Phi) is 7.85. The van der Waals surface area contributed by atoms with Crippen molar-refractivity contribution in [3.63, 3.8) is 0 Å². The van der Waals surface area contributed by atoms with E-state index in [0.717, 1.165) is 22.3 Å². The monoisotopic (exact) mass is 516 g/mol. The van der Waals surface area contributed by atoms with E-state index in [-0.39, 0.29) is 12.4 Å². The summed E-state index contributed by atoms with van der Waals surface area (Å²) < 4.78 is 25.4. The van der Waals surface area contributed by atoms with E-state index in [0.29, 0.717) is 23.5 Å². The lowest BCUT2D eigenvalue weighted by molar-refractivity contribution is 0.0522. The normalized spacial score (nSPS) is 11.2. The Bertz CT molecular complexity index is 1440. The van der Waals surface area contributed by atoms with E-state index >= 15 is 0 Å². The summed E-state index contributed by atoms with van der Waals surface area (Å²) in [6.07, 6.45) is 2.97. The van der Waals surface area contributed by atoms with Gasteiger partial charge in [-0.05, 0) is 80.4 Å². The van der Waals surface area contributed by atoms with Gasteiger partial charge in [-0.25, -0.2) is 14.0 Å². The minimum Gasteiger partial charge on any atom is -0.465 e. The molecule has 196 valence electrons. The fraction of sp³-hybridized carbons (Fsp3) is 0.241. The molecule has 0 aliphatic rings. The molecule has 0 bridgehead atoms. The summed E-state index contributed by atoms with van der Waals surface area (Å²) in [6.45, 7) is 6.00. The van der Waals surface area contributed by atoms with Gasteiger partial charge in [-0.1, -0.05) is 12.1 Å². The smallest absolute Gasteiger partial charge is 0.407 e. The summed E-state index contributed by atoms with van der Waals surface area (Å²) in [5, 5.41) is 7.51. The van der Waals surface area contributed by atoms with Crippen LogP contribution < -0.4 is 5.32 Å². The van der Waals surface area contributed by atoms with Gasteiger partial charge in [0.2, 0.25) is 0 Å². The molecule has 8 nitrogen and oxygen atoms in total. The van der Waals surface area contributed by atoms with Crippen molar-refractivity contribution >= 4 is 12.1 Å². The third-order valence-electron chi connectivity index (χ3n) is 5.56. The zero-order valence-corrected chi connectivity index (χ0v) is 21.7. The number of nitrogens with one attached hydrogen (secondary N) is 1. The van der Waals surface area contributed by atoms with Crippen molar-refractivity contribution in [1.29, 1.82) is 0 Å². The van der Waals surface area contributed by atoms with Crippen LogP contribution in [0.5, 0.6) is 0 Å². The highest BCUT2D eigenvalue weighted by atomic mass is 19.1. The molecule has 38 heavy (non-hydrogen) atoms. The Labute approximate surface area is 220 Å². The van der Waals surface area contributed by atoms with E-state index in [1.165, 1.54) is 19.2 Å². The number of esters is 1. The summed E-state index contributed by atoms with van der Waals surface area (Å²) in [7, 11) is 1.35. The number of alkyl carbamates (subject to hydrolysis) is 1. The summed E-state index contributed by atoms with van der Waals surface area (Å²) in [5.41, 5.74) is 4.28. The number of hydrogen-bond donors (Lipinski definition) is 1. The van der Waals surface area contributed by atoms with E-state index in [4.69, 9.17) is 14.6 Å². The number of hydrogen-bond acceptors (Lipinski definition) is 6. The molecule has 0 saturated carbocycles. The minimum absolute atomic E-state index is 0.176. The number of halogens is 1. The van der Waals surface area contributed by atoms with Gasteiger partial charge in [-0.15, -0.1) is 0 Å². The molecule has 0 unspecified atom stereocenters. The zero-order chi connectivity index (χ0) is 27.3. The lowest BCUT2D eigenvalue weighted by Crippen LogP contribution is -2.32. The maximum atomic E-state index is 13.5. The molecule has 0 radical (unpaired) electrons. The van der Waals surface area contributed by atoms with Crippen LogP contribution in [0, 0.1) is 5.82 Å². The molecule has 1 amide bonds. The summed E-state index contributed by atoms with van der Waals surface area (Å²) in [6, 6.07) is 17.0. The molecule has 0 fully saturated rings. The maximum absolute atomic E-state index is 13.5. The lowest BCUT2D eigenvalue weighted by atomic mass is 10.0. The number of aromatic nitrogens is 3. The van der Waals surface area contributed by atoms with Gasteiger partial charge >= 0.3 is 12.1 Å². The van der Waals surface area contributed by atoms with Crippen molar-refractivity contribution in [3.8, 4) is 22.5 Å². The van der Waals surface area contributed by atoms with Gasteiger partial charge in [0, 0.05) is 30.1 Å². The van der Waals surface area contributed by atoms with Crippen molar-refractivity contribution in [2.24, 2.45) is 0 Å². The molecule has 0 spiro atoms. The largest absolute Gasteiger partial charge is 0.465 e. The molecule has 0 aliphatic heterocycles. The molecule has 4 aromatic rings. The third kappa shape index (κ3) is 6.82. The quantitative estimate of drug-likeness (QED) is 0.321. The van der Waals surface area contributed by atoms with E-state index in [1.54, 1.807) is 62.0 Å². The van der Waals surface area contributed by atoms with Crippen LogP contribution in [0.25, 0.3) is 22.5 Å². The fourth-order valence-corrected chi connectivity index (χ4v) is 3.82. The Morgan fingerprint density at radius 1 is 1.03 bits per heavy atom. The van der Waals surface area contributed by atoms with Gasteiger partial charge in [0.25, 0.3) is 0 Å². The van der Waals surface area contributed by atoms with Crippen molar-refractivity contribution in [2.75, 3.05) is 7.11 Å². The van der Waals surface area contributed by atoms with Crippen LogP contribution in [-0.2, 0) is 22.6 Å². The maximum Gasteiger partial charge on any atom is 0.407 e. The van der Waals surface area contributed by atoms with Crippen molar-refractivity contribution < 1.29 is 23.5 Å². The first-order valence-corrected chi connectivity index (χ1v) is 12.0. The summed E-state index contributed by atoms with van der Waals surface area (Å²) in [4.78, 5) is 28.7. The van der Waals surface area contributed by atoms with E-state index in [1.807, 2.05) is 24.4 Å². The molecule has 0 saturated heterocycles. The Hall–Kier alpha value is -4.53. The van der Waals surface area contributed by atoms with Gasteiger partial charge in [0.05, 0.1) is 30.6 Å². The second kappa shape index (κ2) is 11.2. The molecule has 1 N–H and O–H groups in total. The number of amides is 1. The number of carbonyl (C=O) groups excluding carboxylic acids is 2. The molecule has 0 aliphatic carbocycles. The number of carbonyl (C=O) groups is 2. The number of benzene rings is 2. The van der Waals surface area contributed by atoms with Crippen LogP contribution in [0.15, 0.2) is 73.1 Å². The number of ether oxygens (including phenoxy) is 2. The first kappa shape index (κ1) is 26.5. The van der Waals surface area contributed by atoms with Gasteiger partial charge in [0.15, 0.2) is 0 Å². The standard InChI is InChI=1S/C29H29FN4O4/c1-29(2,3)38-28(36)32-17-22-16-31-26(20-8-10-23(30)11-9-20)15-24(22)25-12-13-34(33-25)18-19-6-5-7-21(14-19)27(35)37-4/h5-16H,17-18H2,1-4H3,(H,32,36). The van der Waals surface area contributed by atoms with Crippen molar-refractivity contribution in [2.45, 2.75) is 39.5 Å². The fourth-order valence-electron chi connectivity index (χ4n) is 3.82. The Balaban J connectivity index is 1.63. The molecule has 2 aromatic carbocycles. The average Bonchev–Trinajstić information content (AvgIpc) is 3.35. The van der Waals surface area contributed by atoms with Gasteiger partial charge in [-0.2, -0.15) is 5.10 Å². The van der Waals surface area contributed by atoms with Crippen LogP contribution in [-0.4, -0.2) is 39.5 Å². The second-order valence-corrected chi connectivity index (χ2v) is 9.68. The number of nitrogens with zero attached hydrogens (tertiary/aromatic N) is 3. The molecular formula is C29H29FN4O4. The van der Waals surface area contributed by atoms with Crippen LogP contribution in [0.3, 0.4) is 0 Å². The number of pyridine rings is 1. The highest BCUT2D eigenvalue weighted by molar-refractivity contribution is 5.89. The SMILES string of the molecule is COC(=O)c1cccc(Cn2ccc(-c3cc(-c4ccc(F)cc4)ncc3CNC(=O)OC(C)(C)C)n2)c1. The Morgan fingerprint density at radius 2 is 1.79 bits per heavy atom. The van der Waals surface area contributed by atoms with Crippen molar-refractivity contribution in [1.82, 2.24) is 20.1 Å². The average molecular weight is 517 g/mol. The van der Waals surface area contributed by atoms with Gasteiger partial charge < -0.3 is 14.8 Å². The Morgan fingerprint density at radius 3 is 2.50 bits per heavy atom. The molecule has 2 aromatic heterocycles. The second-order valence-electron chi connectivity index (χ2n) is 9.68. The van der Waals surface area contributed by atoms with Gasteiger partial charge in [0.1, 0.15) is 11.4 Å². The number of methoxy groups -OCH3 is 1. The van der Waals surface area contributed by atoms with Crippen LogP contribution in [0.2, 0.25) is 0 Å². The van der Waals surface area contributed by atoms with Crippen molar-refractivity contribution in [3.05, 3.63) is 95.6 Å². The molecule has 9 heteroatoms.